The van der Waals surface area contributed by atoms with E-state index in [1.165, 1.54) is 23.9 Å². The van der Waals surface area contributed by atoms with Crippen molar-refractivity contribution in [3.05, 3.63) is 81.9 Å². The van der Waals surface area contributed by atoms with Crippen LogP contribution in [0.5, 0.6) is 0 Å². The number of carbonyl (C=O) groups excluding carboxylic acids is 1. The Hall–Kier alpha value is -3.29. The number of rotatable bonds is 5. The number of carboxylic acids is 1. The molecular weight excluding hydrogens is 436 g/mol. The number of nitrogens with zero attached hydrogens (tertiary/aromatic N) is 2. The zero-order valence-electron chi connectivity index (χ0n) is 16.4. The molecule has 0 unspecified atom stereocenters. The molecule has 0 spiro atoms. The van der Waals surface area contributed by atoms with E-state index in [1.54, 1.807) is 29.2 Å². The summed E-state index contributed by atoms with van der Waals surface area (Å²) >= 11 is 7.22. The van der Waals surface area contributed by atoms with Crippen molar-refractivity contribution in [2.45, 2.75) is 6.92 Å². The first-order valence-electron chi connectivity index (χ1n) is 9.44. The van der Waals surface area contributed by atoms with Crippen LogP contribution in [0.15, 0.2) is 75.0 Å². The molecule has 2 heterocycles. The summed E-state index contributed by atoms with van der Waals surface area (Å²) in [5, 5.41) is 10.0. The highest BCUT2D eigenvalue weighted by Crippen LogP contribution is 2.35. The zero-order chi connectivity index (χ0) is 22.0. The molecule has 6 nitrogen and oxygen atoms in total. The third-order valence-corrected chi connectivity index (χ3v) is 5.90. The summed E-state index contributed by atoms with van der Waals surface area (Å²) in [6, 6.07) is 17.6. The molecule has 31 heavy (non-hydrogen) atoms. The maximum absolute atomic E-state index is 12.8. The van der Waals surface area contributed by atoms with E-state index in [1.807, 2.05) is 37.3 Å². The zero-order valence-corrected chi connectivity index (χ0v) is 18.0. The number of likely N-dealkylation sites (N-methyl/N-ethyl adjacent to an activating group) is 1. The first-order valence-corrected chi connectivity index (χ1v) is 10.6. The molecule has 0 bridgehead atoms. The summed E-state index contributed by atoms with van der Waals surface area (Å²) < 4.78 is 5.84. The van der Waals surface area contributed by atoms with Gasteiger partial charge in [0.25, 0.3) is 5.91 Å². The monoisotopic (exact) mass is 452 g/mol. The van der Waals surface area contributed by atoms with Gasteiger partial charge in [-0.25, -0.2) is 9.79 Å². The van der Waals surface area contributed by atoms with Crippen molar-refractivity contribution < 1.29 is 19.1 Å². The Balaban J connectivity index is 1.62. The largest absolute Gasteiger partial charge is 0.478 e. The number of carbonyl (C=O) groups is 2. The molecular formula is C23H17ClN2O4S. The maximum Gasteiger partial charge on any atom is 0.337 e. The second-order valence-corrected chi connectivity index (χ2v) is 8.01. The highest BCUT2D eigenvalue weighted by atomic mass is 35.5. The third-order valence-electron chi connectivity index (χ3n) is 4.57. The molecule has 1 saturated heterocycles. The molecule has 1 fully saturated rings. The predicted octanol–water partition coefficient (Wildman–Crippen LogP) is 5.92. The van der Waals surface area contributed by atoms with E-state index in [2.05, 4.69) is 4.99 Å². The molecule has 1 N–H and O–H groups in total. The van der Waals surface area contributed by atoms with Crippen molar-refractivity contribution >= 4 is 52.2 Å². The topological polar surface area (TPSA) is 83.1 Å². The minimum Gasteiger partial charge on any atom is -0.478 e. The minimum absolute atomic E-state index is 0.00245. The van der Waals surface area contributed by atoms with Gasteiger partial charge >= 0.3 is 5.97 Å². The number of hydrogen-bond donors (Lipinski definition) is 1. The van der Waals surface area contributed by atoms with Gasteiger partial charge in [0.1, 0.15) is 11.5 Å². The number of carboxylic acid groups (broad SMARTS) is 1. The number of amidine groups is 1. The number of thioether (sulfide) groups is 1. The number of furan rings is 1. The van der Waals surface area contributed by atoms with Gasteiger partial charge in [0, 0.05) is 18.2 Å². The molecule has 1 aliphatic heterocycles. The van der Waals surface area contributed by atoms with Crippen LogP contribution < -0.4 is 0 Å². The Morgan fingerprint density at radius 1 is 1.19 bits per heavy atom. The molecule has 1 aromatic heterocycles. The van der Waals surface area contributed by atoms with Gasteiger partial charge in [-0.3, -0.25) is 9.69 Å². The molecule has 0 radical (unpaired) electrons. The second kappa shape index (κ2) is 8.83. The Labute approximate surface area is 187 Å². The lowest BCUT2D eigenvalue weighted by atomic mass is 10.1. The van der Waals surface area contributed by atoms with E-state index >= 15 is 0 Å². The Morgan fingerprint density at radius 3 is 2.68 bits per heavy atom. The molecule has 2 aromatic carbocycles. The lowest BCUT2D eigenvalue weighted by Crippen LogP contribution is -2.28. The van der Waals surface area contributed by atoms with E-state index in [9.17, 15) is 14.7 Å². The van der Waals surface area contributed by atoms with Crippen molar-refractivity contribution in [2.75, 3.05) is 6.54 Å². The Kier molecular flexibility index (Phi) is 5.97. The van der Waals surface area contributed by atoms with Crippen LogP contribution in [0.25, 0.3) is 17.4 Å². The van der Waals surface area contributed by atoms with Gasteiger partial charge in [-0.15, -0.1) is 0 Å². The fourth-order valence-corrected chi connectivity index (χ4v) is 4.28. The van der Waals surface area contributed by atoms with Crippen LogP contribution in [0.1, 0.15) is 23.0 Å². The van der Waals surface area contributed by atoms with Crippen molar-refractivity contribution in [1.82, 2.24) is 4.90 Å². The highest BCUT2D eigenvalue weighted by Gasteiger charge is 2.32. The number of aromatic carboxylic acids is 1. The normalized spacial score (nSPS) is 16.5. The molecule has 0 aliphatic carbocycles. The summed E-state index contributed by atoms with van der Waals surface area (Å²) in [5.41, 5.74) is 1.35. The van der Waals surface area contributed by atoms with Crippen LogP contribution in [0.2, 0.25) is 5.02 Å². The molecule has 3 aromatic rings. The number of para-hydroxylation sites is 1. The Bertz CT molecular complexity index is 1220. The van der Waals surface area contributed by atoms with Gasteiger partial charge in [-0.1, -0.05) is 29.8 Å². The fourth-order valence-electron chi connectivity index (χ4n) is 3.04. The molecule has 4 rings (SSSR count). The van der Waals surface area contributed by atoms with E-state index < -0.39 is 5.97 Å². The van der Waals surface area contributed by atoms with Crippen LogP contribution in [-0.4, -0.2) is 33.6 Å². The maximum atomic E-state index is 12.8. The van der Waals surface area contributed by atoms with Crippen LogP contribution in [0.4, 0.5) is 5.69 Å². The molecule has 1 amide bonds. The number of halogens is 1. The predicted molar refractivity (Wildman–Crippen MR) is 123 cm³/mol. The van der Waals surface area contributed by atoms with Crippen molar-refractivity contribution in [2.24, 2.45) is 4.99 Å². The number of benzene rings is 2. The van der Waals surface area contributed by atoms with E-state index in [0.29, 0.717) is 33.7 Å². The fraction of sp³-hybridized carbons (Fsp3) is 0.0870. The van der Waals surface area contributed by atoms with Gasteiger partial charge in [0.05, 0.1) is 21.2 Å². The van der Waals surface area contributed by atoms with Gasteiger partial charge < -0.3 is 9.52 Å². The smallest absolute Gasteiger partial charge is 0.337 e. The lowest BCUT2D eigenvalue weighted by molar-refractivity contribution is -0.122. The minimum atomic E-state index is -1.11. The van der Waals surface area contributed by atoms with E-state index in [-0.39, 0.29) is 16.5 Å². The average molecular weight is 453 g/mol. The number of amides is 1. The standard InChI is InChI=1S/C23H17ClN2O4S/c1-2-26-21(27)20(31-23(26)25-15-6-4-3-5-7-15)13-16-9-11-19(30-16)14-8-10-18(24)17(12-14)22(28)29/h3-13H,2H2,1H3,(H,28,29)/b20-13+,25-23?. The molecule has 8 heteroatoms. The van der Waals surface area contributed by atoms with Crippen molar-refractivity contribution in [3.8, 4) is 11.3 Å². The summed E-state index contributed by atoms with van der Waals surface area (Å²) in [5.74, 6) is -0.292. The summed E-state index contributed by atoms with van der Waals surface area (Å²) in [7, 11) is 0. The quantitative estimate of drug-likeness (QED) is 0.485. The highest BCUT2D eigenvalue weighted by molar-refractivity contribution is 8.18. The third kappa shape index (κ3) is 4.42. The molecule has 156 valence electrons. The first-order chi connectivity index (χ1) is 15.0. The Morgan fingerprint density at radius 2 is 1.97 bits per heavy atom. The van der Waals surface area contributed by atoms with Crippen LogP contribution in [-0.2, 0) is 4.79 Å². The van der Waals surface area contributed by atoms with Crippen LogP contribution in [0.3, 0.4) is 0 Å². The van der Waals surface area contributed by atoms with Crippen molar-refractivity contribution in [3.63, 3.8) is 0 Å². The molecule has 0 saturated carbocycles. The number of hydrogen-bond acceptors (Lipinski definition) is 5. The van der Waals surface area contributed by atoms with Gasteiger partial charge in [0.15, 0.2) is 5.17 Å². The lowest BCUT2D eigenvalue weighted by Gasteiger charge is -2.11. The molecule has 0 atom stereocenters. The molecule has 1 aliphatic rings. The van der Waals surface area contributed by atoms with Gasteiger partial charge in [-0.05, 0) is 61.2 Å². The average Bonchev–Trinajstić information content (AvgIpc) is 3.34. The van der Waals surface area contributed by atoms with Gasteiger partial charge in [0.2, 0.25) is 0 Å². The summed E-state index contributed by atoms with van der Waals surface area (Å²) in [6.07, 6.45) is 1.67. The van der Waals surface area contributed by atoms with Crippen LogP contribution in [0, 0.1) is 0 Å². The SMILES string of the molecule is CCN1C(=O)/C(=C\c2ccc(-c3ccc(Cl)c(C(=O)O)c3)o2)SC1=Nc1ccccc1. The summed E-state index contributed by atoms with van der Waals surface area (Å²) in [4.78, 5) is 30.8. The van der Waals surface area contributed by atoms with E-state index in [4.69, 9.17) is 16.0 Å². The summed E-state index contributed by atoms with van der Waals surface area (Å²) in [6.45, 7) is 2.40. The number of aliphatic imine (C=N–C) groups is 1. The van der Waals surface area contributed by atoms with Gasteiger partial charge in [-0.2, -0.15) is 0 Å². The van der Waals surface area contributed by atoms with Crippen LogP contribution >= 0.6 is 23.4 Å². The second-order valence-electron chi connectivity index (χ2n) is 6.59. The van der Waals surface area contributed by atoms with E-state index in [0.717, 1.165) is 5.69 Å². The first kappa shape index (κ1) is 21.0. The van der Waals surface area contributed by atoms with Crippen molar-refractivity contribution in [1.29, 1.82) is 0 Å².